The van der Waals surface area contributed by atoms with Crippen molar-refractivity contribution >= 4 is 5.91 Å². The third-order valence-electron chi connectivity index (χ3n) is 1.87. The molecule has 1 atom stereocenters. The van der Waals surface area contributed by atoms with Crippen LogP contribution in [0.15, 0.2) is 0 Å². The van der Waals surface area contributed by atoms with E-state index < -0.39 is 0 Å². The fraction of sp³-hybridized carbons (Fsp3) is 0.900. The van der Waals surface area contributed by atoms with Crippen LogP contribution in [0, 0.1) is 0 Å². The molecule has 0 fully saturated rings. The summed E-state index contributed by atoms with van der Waals surface area (Å²) in [5, 5.41) is 0. The number of ether oxygens (including phenoxy) is 1. The SMILES string of the molecule is CCOCCCC(=O)N(C)CC(C)N. The summed E-state index contributed by atoms with van der Waals surface area (Å²) in [6.45, 7) is 5.83. The fourth-order valence-electron chi connectivity index (χ4n) is 1.19. The number of carbonyl (C=O) groups is 1. The van der Waals surface area contributed by atoms with E-state index in [1.807, 2.05) is 13.8 Å². The van der Waals surface area contributed by atoms with Crippen LogP contribution in [0.25, 0.3) is 0 Å². The molecule has 0 rings (SSSR count). The number of amides is 1. The molecule has 0 saturated heterocycles. The molecule has 0 spiro atoms. The minimum atomic E-state index is 0.0378. The normalized spacial score (nSPS) is 12.6. The molecule has 4 heteroatoms. The molecule has 14 heavy (non-hydrogen) atoms. The van der Waals surface area contributed by atoms with E-state index in [4.69, 9.17) is 10.5 Å². The van der Waals surface area contributed by atoms with E-state index in [1.54, 1.807) is 11.9 Å². The number of hydrogen-bond donors (Lipinski definition) is 1. The van der Waals surface area contributed by atoms with Crippen molar-refractivity contribution in [3.05, 3.63) is 0 Å². The minimum Gasteiger partial charge on any atom is -0.382 e. The van der Waals surface area contributed by atoms with Crippen molar-refractivity contribution < 1.29 is 9.53 Å². The molecule has 0 aromatic carbocycles. The Hall–Kier alpha value is -0.610. The van der Waals surface area contributed by atoms with E-state index in [-0.39, 0.29) is 11.9 Å². The number of hydrogen-bond acceptors (Lipinski definition) is 3. The Morgan fingerprint density at radius 1 is 1.57 bits per heavy atom. The lowest BCUT2D eigenvalue weighted by molar-refractivity contribution is -0.130. The zero-order chi connectivity index (χ0) is 11.0. The predicted molar refractivity (Wildman–Crippen MR) is 57.0 cm³/mol. The topological polar surface area (TPSA) is 55.6 Å². The second-order valence-electron chi connectivity index (χ2n) is 3.55. The van der Waals surface area contributed by atoms with Gasteiger partial charge in [0.2, 0.25) is 5.91 Å². The van der Waals surface area contributed by atoms with Crippen LogP contribution in [-0.2, 0) is 9.53 Å². The average molecular weight is 202 g/mol. The van der Waals surface area contributed by atoms with Crippen LogP contribution < -0.4 is 5.73 Å². The van der Waals surface area contributed by atoms with Gasteiger partial charge in [-0.3, -0.25) is 4.79 Å². The Morgan fingerprint density at radius 2 is 2.21 bits per heavy atom. The van der Waals surface area contributed by atoms with Crippen molar-refractivity contribution in [3.8, 4) is 0 Å². The van der Waals surface area contributed by atoms with Gasteiger partial charge in [0.25, 0.3) is 0 Å². The van der Waals surface area contributed by atoms with E-state index in [0.717, 1.165) is 6.42 Å². The number of nitrogens with zero attached hydrogens (tertiary/aromatic N) is 1. The van der Waals surface area contributed by atoms with Crippen LogP contribution >= 0.6 is 0 Å². The maximum absolute atomic E-state index is 11.5. The Labute approximate surface area is 86.4 Å². The molecule has 0 saturated carbocycles. The van der Waals surface area contributed by atoms with Gasteiger partial charge in [0, 0.05) is 39.3 Å². The molecular weight excluding hydrogens is 180 g/mol. The quantitative estimate of drug-likeness (QED) is 0.615. The molecule has 0 aliphatic rings. The van der Waals surface area contributed by atoms with Gasteiger partial charge < -0.3 is 15.4 Å². The van der Waals surface area contributed by atoms with Crippen LogP contribution in [0.4, 0.5) is 0 Å². The summed E-state index contributed by atoms with van der Waals surface area (Å²) in [6.07, 6.45) is 1.33. The van der Waals surface area contributed by atoms with Gasteiger partial charge in [-0.05, 0) is 20.3 Å². The van der Waals surface area contributed by atoms with Crippen LogP contribution in [0.3, 0.4) is 0 Å². The average Bonchev–Trinajstić information content (AvgIpc) is 2.11. The highest BCUT2D eigenvalue weighted by Gasteiger charge is 2.09. The van der Waals surface area contributed by atoms with Gasteiger partial charge in [-0.1, -0.05) is 0 Å². The number of likely N-dealkylation sites (N-methyl/N-ethyl adjacent to an activating group) is 1. The largest absolute Gasteiger partial charge is 0.382 e. The lowest BCUT2D eigenvalue weighted by Crippen LogP contribution is -2.36. The summed E-state index contributed by atoms with van der Waals surface area (Å²) in [7, 11) is 1.78. The van der Waals surface area contributed by atoms with Crippen molar-refractivity contribution in [3.63, 3.8) is 0 Å². The standard InChI is InChI=1S/C10H22N2O2/c1-4-14-7-5-6-10(13)12(3)8-9(2)11/h9H,4-8,11H2,1-3H3. The molecule has 0 heterocycles. The predicted octanol–water partition coefficient (Wildman–Crippen LogP) is 0.609. The molecular formula is C10H22N2O2. The second kappa shape index (κ2) is 7.76. The highest BCUT2D eigenvalue weighted by atomic mass is 16.5. The molecule has 0 bridgehead atoms. The highest BCUT2D eigenvalue weighted by Crippen LogP contribution is 1.97. The first-order valence-corrected chi connectivity index (χ1v) is 5.15. The van der Waals surface area contributed by atoms with Gasteiger partial charge in [-0.15, -0.1) is 0 Å². The van der Waals surface area contributed by atoms with E-state index in [9.17, 15) is 4.79 Å². The Bertz CT molecular complexity index is 160. The van der Waals surface area contributed by atoms with E-state index >= 15 is 0 Å². The van der Waals surface area contributed by atoms with Crippen molar-refractivity contribution in [2.75, 3.05) is 26.8 Å². The molecule has 0 aliphatic carbocycles. The fourth-order valence-corrected chi connectivity index (χ4v) is 1.19. The van der Waals surface area contributed by atoms with Gasteiger partial charge >= 0.3 is 0 Å². The smallest absolute Gasteiger partial charge is 0.222 e. The highest BCUT2D eigenvalue weighted by molar-refractivity contribution is 5.75. The third kappa shape index (κ3) is 6.86. The number of carbonyl (C=O) groups excluding carboxylic acids is 1. The lowest BCUT2D eigenvalue weighted by atomic mass is 10.2. The first kappa shape index (κ1) is 13.4. The summed E-state index contributed by atoms with van der Waals surface area (Å²) in [4.78, 5) is 13.1. The zero-order valence-electron chi connectivity index (χ0n) is 9.45. The number of rotatable bonds is 7. The minimum absolute atomic E-state index is 0.0378. The van der Waals surface area contributed by atoms with Crippen molar-refractivity contribution in [1.29, 1.82) is 0 Å². The lowest BCUT2D eigenvalue weighted by Gasteiger charge is -2.19. The molecule has 0 aromatic rings. The van der Waals surface area contributed by atoms with E-state index in [2.05, 4.69) is 0 Å². The summed E-state index contributed by atoms with van der Waals surface area (Å²) < 4.78 is 5.15. The maximum Gasteiger partial charge on any atom is 0.222 e. The molecule has 4 nitrogen and oxygen atoms in total. The summed E-state index contributed by atoms with van der Waals surface area (Å²) in [6, 6.07) is 0.0378. The maximum atomic E-state index is 11.5. The van der Waals surface area contributed by atoms with Crippen LogP contribution in [-0.4, -0.2) is 43.7 Å². The molecule has 0 aromatic heterocycles. The first-order valence-electron chi connectivity index (χ1n) is 5.15. The van der Waals surface area contributed by atoms with Gasteiger partial charge in [-0.2, -0.15) is 0 Å². The van der Waals surface area contributed by atoms with Crippen LogP contribution in [0.5, 0.6) is 0 Å². The molecule has 0 radical (unpaired) electrons. The number of nitrogens with two attached hydrogens (primary N) is 1. The van der Waals surface area contributed by atoms with Crippen LogP contribution in [0.1, 0.15) is 26.7 Å². The molecule has 1 amide bonds. The summed E-state index contributed by atoms with van der Waals surface area (Å²) in [5.74, 6) is 0.141. The van der Waals surface area contributed by atoms with E-state index in [0.29, 0.717) is 26.2 Å². The molecule has 2 N–H and O–H groups in total. The van der Waals surface area contributed by atoms with Gasteiger partial charge in [0.1, 0.15) is 0 Å². The zero-order valence-corrected chi connectivity index (χ0v) is 9.45. The second-order valence-corrected chi connectivity index (χ2v) is 3.55. The van der Waals surface area contributed by atoms with Crippen molar-refractivity contribution in [1.82, 2.24) is 4.90 Å². The monoisotopic (exact) mass is 202 g/mol. The Balaban J connectivity index is 3.52. The summed E-state index contributed by atoms with van der Waals surface area (Å²) in [5.41, 5.74) is 5.59. The third-order valence-corrected chi connectivity index (χ3v) is 1.87. The van der Waals surface area contributed by atoms with Crippen molar-refractivity contribution in [2.24, 2.45) is 5.73 Å². The van der Waals surface area contributed by atoms with Crippen molar-refractivity contribution in [2.45, 2.75) is 32.7 Å². The Morgan fingerprint density at radius 3 is 2.71 bits per heavy atom. The summed E-state index contributed by atoms with van der Waals surface area (Å²) >= 11 is 0. The van der Waals surface area contributed by atoms with Crippen LogP contribution in [0.2, 0.25) is 0 Å². The first-order chi connectivity index (χ1) is 6.57. The molecule has 0 aliphatic heterocycles. The van der Waals surface area contributed by atoms with Gasteiger partial charge in [0.15, 0.2) is 0 Å². The van der Waals surface area contributed by atoms with Gasteiger partial charge in [0.05, 0.1) is 0 Å². The van der Waals surface area contributed by atoms with E-state index in [1.165, 1.54) is 0 Å². The Kier molecular flexibility index (Phi) is 7.42. The van der Waals surface area contributed by atoms with Gasteiger partial charge in [-0.25, -0.2) is 0 Å². The molecule has 1 unspecified atom stereocenters. The molecule has 84 valence electrons.